The van der Waals surface area contributed by atoms with Crippen LogP contribution in [0.5, 0.6) is 17.2 Å². The molecule has 0 saturated carbocycles. The van der Waals surface area contributed by atoms with E-state index in [4.69, 9.17) is 19.2 Å². The van der Waals surface area contributed by atoms with E-state index in [0.717, 1.165) is 24.6 Å². The lowest BCUT2D eigenvalue weighted by Gasteiger charge is -2.24. The van der Waals surface area contributed by atoms with Gasteiger partial charge in [0.05, 0.1) is 33.9 Å². The van der Waals surface area contributed by atoms with Crippen molar-refractivity contribution in [1.82, 2.24) is 15.5 Å². The second-order valence-corrected chi connectivity index (χ2v) is 7.58. The van der Waals surface area contributed by atoms with Gasteiger partial charge in [-0.25, -0.2) is 4.99 Å². The van der Waals surface area contributed by atoms with Crippen molar-refractivity contribution in [2.75, 3.05) is 48.5 Å². The lowest BCUT2D eigenvalue weighted by molar-refractivity contribution is 0.302. The fraction of sp³-hybridized carbons (Fsp3) is 0.476. The number of nitrogens with one attached hydrogen (secondary N) is 2. The van der Waals surface area contributed by atoms with Crippen molar-refractivity contribution in [3.8, 4) is 17.2 Å². The first kappa shape index (κ1) is 26.3. The van der Waals surface area contributed by atoms with E-state index in [2.05, 4.69) is 54.1 Å². The minimum absolute atomic E-state index is 0. The molecule has 7 nitrogen and oxygen atoms in total. The molecule has 0 fully saturated rings. The number of likely N-dealkylation sites (N-methyl/N-ethyl adjacent to an activating group) is 1. The summed E-state index contributed by atoms with van der Waals surface area (Å²) in [5.41, 5.74) is 0.971. The van der Waals surface area contributed by atoms with Crippen molar-refractivity contribution in [3.05, 3.63) is 40.1 Å². The normalized spacial score (nSPS) is 12.2. The molecule has 0 aliphatic carbocycles. The van der Waals surface area contributed by atoms with Crippen LogP contribution in [0.3, 0.4) is 0 Å². The maximum atomic E-state index is 5.43. The molecule has 0 radical (unpaired) electrons. The smallest absolute Gasteiger partial charge is 0.203 e. The van der Waals surface area contributed by atoms with Crippen LogP contribution in [0, 0.1) is 0 Å². The van der Waals surface area contributed by atoms with E-state index in [1.54, 1.807) is 32.7 Å². The quantitative estimate of drug-likeness (QED) is 0.268. The Morgan fingerprint density at radius 2 is 1.77 bits per heavy atom. The number of hydrogen-bond acceptors (Lipinski definition) is 6. The highest BCUT2D eigenvalue weighted by molar-refractivity contribution is 14.0. The predicted octanol–water partition coefficient (Wildman–Crippen LogP) is 3.75. The van der Waals surface area contributed by atoms with Gasteiger partial charge in [0.15, 0.2) is 17.5 Å². The van der Waals surface area contributed by atoms with Crippen LogP contribution in [-0.4, -0.2) is 59.4 Å². The topological polar surface area (TPSA) is 67.4 Å². The van der Waals surface area contributed by atoms with Crippen LogP contribution in [-0.2, 0) is 6.54 Å². The van der Waals surface area contributed by atoms with Crippen molar-refractivity contribution in [2.24, 2.45) is 4.99 Å². The number of rotatable bonds is 10. The Bertz CT molecular complexity index is 760. The van der Waals surface area contributed by atoms with Gasteiger partial charge < -0.3 is 29.7 Å². The molecule has 2 rings (SSSR count). The third kappa shape index (κ3) is 7.21. The molecule has 168 valence electrons. The molecule has 30 heavy (non-hydrogen) atoms. The largest absolute Gasteiger partial charge is 0.493 e. The Morgan fingerprint density at radius 3 is 2.23 bits per heavy atom. The molecule has 0 amide bonds. The fourth-order valence-corrected chi connectivity index (χ4v) is 3.87. The summed E-state index contributed by atoms with van der Waals surface area (Å²) in [5, 5.41) is 8.87. The molecule has 2 N–H and O–H groups in total. The van der Waals surface area contributed by atoms with E-state index in [1.165, 1.54) is 4.88 Å². The number of methoxy groups -OCH3 is 3. The molecule has 9 heteroatoms. The van der Waals surface area contributed by atoms with E-state index < -0.39 is 0 Å². The van der Waals surface area contributed by atoms with E-state index in [0.29, 0.717) is 23.8 Å². The number of nitrogens with zero attached hydrogens (tertiary/aromatic N) is 2. The number of halogens is 1. The molecular formula is C21H33IN4O3S. The molecule has 0 aliphatic rings. The summed E-state index contributed by atoms with van der Waals surface area (Å²) in [5.74, 6) is 2.60. The van der Waals surface area contributed by atoms with Gasteiger partial charge in [-0.3, -0.25) is 0 Å². The first-order valence-electron chi connectivity index (χ1n) is 9.54. The molecule has 1 atom stereocenters. The molecule has 0 bridgehead atoms. The van der Waals surface area contributed by atoms with Crippen molar-refractivity contribution in [1.29, 1.82) is 0 Å². The monoisotopic (exact) mass is 548 g/mol. The molecule has 1 aromatic carbocycles. The van der Waals surface area contributed by atoms with Crippen molar-refractivity contribution >= 4 is 41.3 Å². The Hall–Kier alpha value is -1.72. The van der Waals surface area contributed by atoms with Gasteiger partial charge in [-0.2, -0.15) is 0 Å². The summed E-state index contributed by atoms with van der Waals surface area (Å²) in [7, 11) is 9.00. The van der Waals surface area contributed by atoms with Crippen LogP contribution in [0.4, 0.5) is 0 Å². The summed E-state index contributed by atoms with van der Waals surface area (Å²) < 4.78 is 16.2. The Labute approximate surface area is 200 Å². The van der Waals surface area contributed by atoms with Gasteiger partial charge in [0.2, 0.25) is 5.75 Å². The zero-order chi connectivity index (χ0) is 21.2. The van der Waals surface area contributed by atoms with Crippen molar-refractivity contribution in [3.63, 3.8) is 0 Å². The third-order valence-corrected chi connectivity index (χ3v) is 5.42. The summed E-state index contributed by atoms with van der Waals surface area (Å²) in [6, 6.07) is 8.36. The van der Waals surface area contributed by atoms with Crippen LogP contribution in [0.1, 0.15) is 23.4 Å². The summed E-state index contributed by atoms with van der Waals surface area (Å²) in [6.45, 7) is 4.08. The lowest BCUT2D eigenvalue weighted by Crippen LogP contribution is -2.41. The highest BCUT2D eigenvalue weighted by atomic mass is 127. The van der Waals surface area contributed by atoms with Crippen LogP contribution in [0.15, 0.2) is 34.6 Å². The predicted molar refractivity (Wildman–Crippen MR) is 135 cm³/mol. The van der Waals surface area contributed by atoms with Crippen molar-refractivity contribution < 1.29 is 14.2 Å². The second-order valence-electron chi connectivity index (χ2n) is 6.60. The number of hydrogen-bond donors (Lipinski definition) is 2. The first-order chi connectivity index (χ1) is 14.0. The standard InChI is InChI=1S/C21H32N4O3S.HI/c1-7-22-21(24-14-16(25(2)3)19-9-8-10-29-19)23-13-15-11-17(26-4)20(28-6)18(12-15)27-5;/h8-12,16H,7,13-14H2,1-6H3,(H2,22,23,24);1H. The van der Waals surface area contributed by atoms with Gasteiger partial charge >= 0.3 is 0 Å². The first-order valence-corrected chi connectivity index (χ1v) is 10.4. The Morgan fingerprint density at radius 1 is 1.10 bits per heavy atom. The molecule has 2 aromatic rings. The molecule has 0 spiro atoms. The van der Waals surface area contributed by atoms with Crippen molar-refractivity contribution in [2.45, 2.75) is 19.5 Å². The molecule has 1 heterocycles. The van der Waals surface area contributed by atoms with Crippen LogP contribution in [0.2, 0.25) is 0 Å². The van der Waals surface area contributed by atoms with Gasteiger partial charge in [-0.15, -0.1) is 35.3 Å². The zero-order valence-electron chi connectivity index (χ0n) is 18.5. The van der Waals surface area contributed by atoms with Gasteiger partial charge in [-0.1, -0.05) is 6.07 Å². The summed E-state index contributed by atoms with van der Waals surface area (Å²) in [6.07, 6.45) is 0. The Kier molecular flexibility index (Phi) is 11.9. The van der Waals surface area contributed by atoms with Gasteiger partial charge in [-0.05, 0) is 50.2 Å². The molecule has 0 saturated heterocycles. The van der Waals surface area contributed by atoms with Gasteiger partial charge in [0.1, 0.15) is 0 Å². The third-order valence-electron chi connectivity index (χ3n) is 4.45. The number of thiophene rings is 1. The zero-order valence-corrected chi connectivity index (χ0v) is 21.7. The van der Waals surface area contributed by atoms with E-state index in [-0.39, 0.29) is 30.0 Å². The fourth-order valence-electron chi connectivity index (χ4n) is 2.95. The number of benzene rings is 1. The molecule has 1 unspecified atom stereocenters. The lowest BCUT2D eigenvalue weighted by atomic mass is 10.2. The minimum Gasteiger partial charge on any atom is -0.493 e. The minimum atomic E-state index is 0. The maximum Gasteiger partial charge on any atom is 0.203 e. The van der Waals surface area contributed by atoms with E-state index in [1.807, 2.05) is 12.1 Å². The maximum absolute atomic E-state index is 5.43. The van der Waals surface area contributed by atoms with Crippen LogP contribution < -0.4 is 24.8 Å². The molecule has 0 aliphatic heterocycles. The van der Waals surface area contributed by atoms with Crippen LogP contribution >= 0.6 is 35.3 Å². The number of ether oxygens (including phenoxy) is 3. The average molecular weight is 548 g/mol. The SMILES string of the molecule is CCNC(=NCc1cc(OC)c(OC)c(OC)c1)NCC(c1cccs1)N(C)C.I. The molecular weight excluding hydrogens is 515 g/mol. The van der Waals surface area contributed by atoms with Gasteiger partial charge in [0, 0.05) is 18.0 Å². The van der Waals surface area contributed by atoms with E-state index in [9.17, 15) is 0 Å². The highest BCUT2D eigenvalue weighted by Crippen LogP contribution is 2.38. The average Bonchev–Trinajstić information content (AvgIpc) is 3.25. The van der Waals surface area contributed by atoms with Gasteiger partial charge in [0.25, 0.3) is 0 Å². The van der Waals surface area contributed by atoms with E-state index >= 15 is 0 Å². The number of aliphatic imine (C=N–C) groups is 1. The Balaban J connectivity index is 0.00000450. The summed E-state index contributed by atoms with van der Waals surface area (Å²) in [4.78, 5) is 8.26. The number of guanidine groups is 1. The molecule has 1 aromatic heterocycles. The van der Waals surface area contributed by atoms with Crippen LogP contribution in [0.25, 0.3) is 0 Å². The summed E-state index contributed by atoms with van der Waals surface area (Å²) >= 11 is 1.76. The highest BCUT2D eigenvalue weighted by Gasteiger charge is 2.16. The second kappa shape index (κ2) is 13.6.